The quantitative estimate of drug-likeness (QED) is 0.755. The molecule has 2 N–H and O–H groups in total. The molecule has 6 heteroatoms. The summed E-state index contributed by atoms with van der Waals surface area (Å²) < 4.78 is 0. The van der Waals surface area contributed by atoms with Crippen LogP contribution in [0.5, 0.6) is 0 Å². The highest BCUT2D eigenvalue weighted by Gasteiger charge is 2.34. The molecule has 0 radical (unpaired) electrons. The van der Waals surface area contributed by atoms with Gasteiger partial charge in [0, 0.05) is 31.1 Å². The molecular weight excluding hydrogens is 354 g/mol. The molecule has 0 spiro atoms. The second-order valence-corrected chi connectivity index (χ2v) is 7.93. The van der Waals surface area contributed by atoms with Gasteiger partial charge in [0.15, 0.2) is 0 Å². The second-order valence-electron chi connectivity index (χ2n) is 7.93. The molecule has 1 aromatic carbocycles. The maximum atomic E-state index is 13.0. The smallest absolute Gasteiger partial charge is 0.251 e. The molecule has 0 bridgehead atoms. The topological polar surface area (TPSA) is 78.5 Å². The summed E-state index contributed by atoms with van der Waals surface area (Å²) in [7, 11) is 0. The van der Waals surface area contributed by atoms with E-state index < -0.39 is 6.04 Å². The van der Waals surface area contributed by atoms with Crippen LogP contribution in [-0.2, 0) is 9.59 Å². The molecule has 0 aliphatic carbocycles. The van der Waals surface area contributed by atoms with Crippen LogP contribution in [0, 0.1) is 11.8 Å². The van der Waals surface area contributed by atoms with Crippen LogP contribution in [0.1, 0.15) is 57.3 Å². The highest BCUT2D eigenvalue weighted by molar-refractivity contribution is 5.97. The van der Waals surface area contributed by atoms with Crippen molar-refractivity contribution < 1.29 is 14.4 Å². The Hall–Kier alpha value is -2.37. The van der Waals surface area contributed by atoms with Crippen LogP contribution in [-0.4, -0.2) is 47.8 Å². The molecule has 1 aliphatic heterocycles. The number of nitrogens with zero attached hydrogens (tertiary/aromatic N) is 1. The Balaban J connectivity index is 2.11. The van der Waals surface area contributed by atoms with Crippen molar-refractivity contribution in [2.75, 3.05) is 13.1 Å². The van der Waals surface area contributed by atoms with Crippen molar-refractivity contribution in [3.63, 3.8) is 0 Å². The van der Waals surface area contributed by atoms with Gasteiger partial charge in [0.2, 0.25) is 11.8 Å². The summed E-state index contributed by atoms with van der Waals surface area (Å²) in [5.74, 6) is 0.0587. The number of carbonyl (C=O) groups excluding carboxylic acids is 3. The van der Waals surface area contributed by atoms with Crippen LogP contribution in [0.2, 0.25) is 0 Å². The molecule has 1 saturated heterocycles. The third-order valence-electron chi connectivity index (χ3n) is 5.64. The lowest BCUT2D eigenvalue weighted by atomic mass is 9.88. The number of amides is 3. The first-order valence-corrected chi connectivity index (χ1v) is 10.3. The predicted molar refractivity (Wildman–Crippen MR) is 110 cm³/mol. The zero-order valence-corrected chi connectivity index (χ0v) is 17.4. The molecule has 28 heavy (non-hydrogen) atoms. The molecule has 0 unspecified atom stereocenters. The largest absolute Gasteiger partial charge is 0.352 e. The van der Waals surface area contributed by atoms with Crippen LogP contribution in [0.15, 0.2) is 30.3 Å². The minimum Gasteiger partial charge on any atom is -0.352 e. The Morgan fingerprint density at radius 3 is 2.18 bits per heavy atom. The predicted octanol–water partition coefficient (Wildman–Crippen LogP) is 2.59. The van der Waals surface area contributed by atoms with Crippen molar-refractivity contribution in [1.82, 2.24) is 15.5 Å². The van der Waals surface area contributed by atoms with E-state index in [1.165, 1.54) is 0 Å². The Morgan fingerprint density at radius 2 is 1.64 bits per heavy atom. The average Bonchev–Trinajstić information content (AvgIpc) is 2.71. The van der Waals surface area contributed by atoms with Gasteiger partial charge in [-0.05, 0) is 43.7 Å². The van der Waals surface area contributed by atoms with Gasteiger partial charge in [-0.2, -0.15) is 0 Å². The molecule has 6 nitrogen and oxygen atoms in total. The molecule has 3 amide bonds. The average molecular weight is 388 g/mol. The van der Waals surface area contributed by atoms with Gasteiger partial charge in [-0.1, -0.05) is 39.0 Å². The van der Waals surface area contributed by atoms with Gasteiger partial charge in [0.25, 0.3) is 5.91 Å². The molecule has 1 fully saturated rings. The molecule has 0 aromatic heterocycles. The number of piperidine rings is 1. The van der Waals surface area contributed by atoms with Crippen molar-refractivity contribution in [2.24, 2.45) is 11.8 Å². The summed E-state index contributed by atoms with van der Waals surface area (Å²) in [5, 5.41) is 6.00. The van der Waals surface area contributed by atoms with Crippen molar-refractivity contribution in [2.45, 2.75) is 59.0 Å². The molecule has 1 heterocycles. The van der Waals surface area contributed by atoms with Gasteiger partial charge in [0.05, 0.1) is 0 Å². The highest BCUT2D eigenvalue weighted by Crippen LogP contribution is 2.22. The summed E-state index contributed by atoms with van der Waals surface area (Å²) in [4.78, 5) is 39.5. The molecule has 1 aromatic rings. The number of likely N-dealkylation sites (tertiary alicyclic amines) is 1. The van der Waals surface area contributed by atoms with Gasteiger partial charge in [0.1, 0.15) is 6.04 Å². The van der Waals surface area contributed by atoms with Crippen LogP contribution in [0.25, 0.3) is 0 Å². The third-order valence-corrected chi connectivity index (χ3v) is 5.64. The van der Waals surface area contributed by atoms with Crippen molar-refractivity contribution >= 4 is 17.7 Å². The van der Waals surface area contributed by atoms with Crippen LogP contribution in [0.3, 0.4) is 0 Å². The number of nitrogens with one attached hydrogen (secondary N) is 2. The van der Waals surface area contributed by atoms with Gasteiger partial charge in [-0.25, -0.2) is 0 Å². The van der Waals surface area contributed by atoms with Crippen molar-refractivity contribution in [1.29, 1.82) is 0 Å². The monoisotopic (exact) mass is 387 g/mol. The maximum absolute atomic E-state index is 13.0. The third kappa shape index (κ3) is 5.81. The number of hydrogen-bond donors (Lipinski definition) is 2. The lowest BCUT2D eigenvalue weighted by Crippen LogP contribution is -2.55. The Morgan fingerprint density at radius 1 is 1.04 bits per heavy atom. The van der Waals surface area contributed by atoms with E-state index in [-0.39, 0.29) is 29.7 Å². The Bertz CT molecular complexity index is 667. The van der Waals surface area contributed by atoms with Crippen LogP contribution < -0.4 is 10.6 Å². The van der Waals surface area contributed by atoms with E-state index in [1.54, 1.807) is 24.3 Å². The summed E-state index contributed by atoms with van der Waals surface area (Å²) in [6.07, 6.45) is 1.90. The standard InChI is InChI=1S/C22H33N3O3/c1-5-19(26)25-13-11-17(12-14-25)20(22(28)23-16(4)15(2)3)24-21(27)18-9-7-6-8-10-18/h6-10,15-17,20H,5,11-14H2,1-4H3,(H,23,28)(H,24,27)/t16-,20-/m1/s1. The fourth-order valence-corrected chi connectivity index (χ4v) is 3.40. The van der Waals surface area contributed by atoms with Gasteiger partial charge in [-0.3, -0.25) is 14.4 Å². The molecule has 2 atom stereocenters. The Kier molecular flexibility index (Phi) is 8.03. The zero-order valence-electron chi connectivity index (χ0n) is 17.4. The number of rotatable bonds is 7. The summed E-state index contributed by atoms with van der Waals surface area (Å²) in [5.41, 5.74) is 0.538. The van der Waals surface area contributed by atoms with Gasteiger partial charge < -0.3 is 15.5 Å². The minimum absolute atomic E-state index is 0.00734. The maximum Gasteiger partial charge on any atom is 0.251 e. The first kappa shape index (κ1) is 21.9. The second kappa shape index (κ2) is 10.2. The van der Waals surface area contributed by atoms with E-state index in [1.807, 2.05) is 24.8 Å². The summed E-state index contributed by atoms with van der Waals surface area (Å²) in [6.45, 7) is 9.19. The SMILES string of the molecule is CCC(=O)N1CCC([C@@H](NC(=O)c2ccccc2)C(=O)N[C@H](C)C(C)C)CC1. The van der Waals surface area contributed by atoms with Crippen molar-refractivity contribution in [3.05, 3.63) is 35.9 Å². The number of benzene rings is 1. The van der Waals surface area contributed by atoms with E-state index in [4.69, 9.17) is 0 Å². The fourth-order valence-electron chi connectivity index (χ4n) is 3.40. The minimum atomic E-state index is -0.604. The molecular formula is C22H33N3O3. The van der Waals surface area contributed by atoms with Crippen LogP contribution in [0.4, 0.5) is 0 Å². The highest BCUT2D eigenvalue weighted by atomic mass is 16.2. The Labute approximate surface area is 168 Å². The molecule has 154 valence electrons. The zero-order chi connectivity index (χ0) is 20.7. The summed E-state index contributed by atoms with van der Waals surface area (Å²) >= 11 is 0. The number of hydrogen-bond acceptors (Lipinski definition) is 3. The van der Waals surface area contributed by atoms with E-state index in [9.17, 15) is 14.4 Å². The molecule has 2 rings (SSSR count). The van der Waals surface area contributed by atoms with E-state index in [2.05, 4.69) is 24.5 Å². The van der Waals surface area contributed by atoms with E-state index in [0.29, 0.717) is 43.8 Å². The van der Waals surface area contributed by atoms with E-state index >= 15 is 0 Å². The molecule has 1 aliphatic rings. The fraction of sp³-hybridized carbons (Fsp3) is 0.591. The first-order chi connectivity index (χ1) is 13.3. The van der Waals surface area contributed by atoms with Gasteiger partial charge in [-0.15, -0.1) is 0 Å². The summed E-state index contributed by atoms with van der Waals surface area (Å²) in [6, 6.07) is 8.36. The van der Waals surface area contributed by atoms with Gasteiger partial charge >= 0.3 is 0 Å². The lowest BCUT2D eigenvalue weighted by molar-refractivity contribution is -0.132. The van der Waals surface area contributed by atoms with Crippen LogP contribution >= 0.6 is 0 Å². The van der Waals surface area contributed by atoms with Crippen molar-refractivity contribution in [3.8, 4) is 0 Å². The van der Waals surface area contributed by atoms with E-state index in [0.717, 1.165) is 0 Å². The normalized spacial score (nSPS) is 17.1. The first-order valence-electron chi connectivity index (χ1n) is 10.3. The number of carbonyl (C=O) groups is 3. The molecule has 0 saturated carbocycles. The lowest BCUT2D eigenvalue weighted by Gasteiger charge is -2.36.